The van der Waals surface area contributed by atoms with Gasteiger partial charge in [0.25, 0.3) is 0 Å². The van der Waals surface area contributed by atoms with Crippen LogP contribution in [0.25, 0.3) is 10.9 Å². The van der Waals surface area contributed by atoms with E-state index in [1.807, 2.05) is 18.0 Å². The molecule has 3 N–H and O–H groups in total. The minimum Gasteiger partial charge on any atom is -0.453 e. The van der Waals surface area contributed by atoms with Crippen molar-refractivity contribution in [2.45, 2.75) is 82.5 Å². The normalized spacial score (nSPS) is 25.3. The number of fused-ring (bicyclic) bond motifs is 2. The van der Waals surface area contributed by atoms with Gasteiger partial charge in [-0.2, -0.15) is 0 Å². The van der Waals surface area contributed by atoms with Crippen molar-refractivity contribution in [3.63, 3.8) is 0 Å². The number of rotatable bonds is 6. The van der Waals surface area contributed by atoms with E-state index in [1.165, 1.54) is 19.1 Å². The first-order chi connectivity index (χ1) is 18.3. The number of benzene rings is 1. The van der Waals surface area contributed by atoms with Crippen LogP contribution in [0.3, 0.4) is 0 Å². The van der Waals surface area contributed by atoms with Crippen molar-refractivity contribution >= 4 is 28.8 Å². The van der Waals surface area contributed by atoms with Crippen molar-refractivity contribution in [2.75, 3.05) is 27.2 Å². The molecule has 1 aromatic carbocycles. The summed E-state index contributed by atoms with van der Waals surface area (Å²) in [5, 5.41) is 7.23. The van der Waals surface area contributed by atoms with E-state index in [9.17, 15) is 14.4 Å². The van der Waals surface area contributed by atoms with Gasteiger partial charge in [-0.25, -0.2) is 4.79 Å². The first-order valence-corrected chi connectivity index (χ1v) is 14.0. The van der Waals surface area contributed by atoms with Crippen molar-refractivity contribution in [1.29, 1.82) is 0 Å². The lowest BCUT2D eigenvalue weighted by Crippen LogP contribution is -2.57. The third-order valence-corrected chi connectivity index (χ3v) is 9.10. The van der Waals surface area contributed by atoms with Crippen LogP contribution >= 0.6 is 0 Å². The van der Waals surface area contributed by atoms with Gasteiger partial charge in [-0.15, -0.1) is 0 Å². The van der Waals surface area contributed by atoms with Gasteiger partial charge in [0.15, 0.2) is 0 Å². The number of carbonyl (C=O) groups excluding carboxylic acids is 3. The number of likely N-dealkylation sites (tertiary alicyclic amines) is 2. The molecule has 2 aliphatic heterocycles. The molecule has 0 radical (unpaired) electrons. The second-order valence-electron chi connectivity index (χ2n) is 11.3. The monoisotopic (exact) mass is 523 g/mol. The smallest absolute Gasteiger partial charge is 0.409 e. The number of nitrogens with one attached hydrogen (secondary N) is 3. The Balaban J connectivity index is 1.49. The van der Waals surface area contributed by atoms with E-state index in [0.29, 0.717) is 19.5 Å². The molecule has 9 nitrogen and oxygen atoms in total. The summed E-state index contributed by atoms with van der Waals surface area (Å²) in [5.74, 6) is -0.108. The van der Waals surface area contributed by atoms with Gasteiger partial charge in [-0.1, -0.05) is 31.4 Å². The number of hydrogen-bond donors (Lipinski definition) is 3. The van der Waals surface area contributed by atoms with Crippen LogP contribution in [0.2, 0.25) is 0 Å². The number of aromatic nitrogens is 1. The number of H-pyrrole nitrogens is 1. The summed E-state index contributed by atoms with van der Waals surface area (Å²) in [7, 11) is 3.16. The van der Waals surface area contributed by atoms with Crippen LogP contribution in [0, 0.1) is 12.8 Å². The Morgan fingerprint density at radius 3 is 2.58 bits per heavy atom. The molecule has 9 heteroatoms. The number of likely N-dealkylation sites (N-methyl/N-ethyl adjacent to an activating group) is 1. The highest BCUT2D eigenvalue weighted by atomic mass is 16.5. The quantitative estimate of drug-likeness (QED) is 0.539. The Labute approximate surface area is 224 Å². The third-order valence-electron chi connectivity index (χ3n) is 9.10. The first-order valence-electron chi connectivity index (χ1n) is 14.0. The number of aryl methyl sites for hydroxylation is 1. The van der Waals surface area contributed by atoms with Gasteiger partial charge in [-0.05, 0) is 63.3 Å². The number of aromatic amines is 1. The molecule has 0 unspecified atom stereocenters. The highest BCUT2D eigenvalue weighted by molar-refractivity contribution is 5.91. The number of ether oxygens (including phenoxy) is 1. The molecule has 38 heavy (non-hydrogen) atoms. The van der Waals surface area contributed by atoms with E-state index < -0.39 is 6.04 Å². The molecule has 3 heterocycles. The predicted octanol–water partition coefficient (Wildman–Crippen LogP) is 3.28. The van der Waals surface area contributed by atoms with Gasteiger partial charge in [0, 0.05) is 36.1 Å². The van der Waals surface area contributed by atoms with Gasteiger partial charge in [0.1, 0.15) is 6.04 Å². The Bertz CT molecular complexity index is 1190. The minimum absolute atomic E-state index is 0.0199. The number of carbonyl (C=O) groups is 3. The molecule has 2 saturated heterocycles. The van der Waals surface area contributed by atoms with Crippen LogP contribution in [0.5, 0.6) is 0 Å². The SMILES string of the molecule is CN[C@@H](C)C(=O)N[C@H](C(=O)N1CC[C@@H]2[C@H]1[C@@H](c1c[nH]c3cc(C)ccc13)CN2C(=O)OC)C1CCCCC1. The standard InChI is InChI=1S/C29H41N5O4/c1-17-10-11-20-21(15-31-23(20)14-17)22-16-34(29(37)38-4)24-12-13-33(26(22)24)28(36)25(19-8-6-5-7-9-19)32-27(35)18(2)30-3/h10-11,14-15,18-19,22,24-26,30-31H,5-9,12-13,16H2,1-4H3,(H,32,35)/t18-,22+,24+,25-,26+/m0/s1. The molecular formula is C29H41N5O4. The van der Waals surface area contributed by atoms with Crippen molar-refractivity contribution < 1.29 is 19.1 Å². The summed E-state index contributed by atoms with van der Waals surface area (Å²) in [6.45, 7) is 4.92. The zero-order valence-electron chi connectivity index (χ0n) is 23.0. The van der Waals surface area contributed by atoms with E-state index in [1.54, 1.807) is 11.9 Å². The Kier molecular flexibility index (Phi) is 7.66. The minimum atomic E-state index is -0.559. The summed E-state index contributed by atoms with van der Waals surface area (Å²) < 4.78 is 5.15. The van der Waals surface area contributed by atoms with Gasteiger partial charge in [-0.3, -0.25) is 9.59 Å². The Morgan fingerprint density at radius 2 is 1.87 bits per heavy atom. The third kappa shape index (κ3) is 4.77. The van der Waals surface area contributed by atoms with Crippen molar-refractivity contribution in [2.24, 2.45) is 5.92 Å². The maximum atomic E-state index is 14.4. The molecule has 1 aromatic heterocycles. The Morgan fingerprint density at radius 1 is 1.11 bits per heavy atom. The van der Waals surface area contributed by atoms with Crippen LogP contribution in [-0.4, -0.2) is 84.1 Å². The summed E-state index contributed by atoms with van der Waals surface area (Å²) in [6, 6.07) is 5.10. The van der Waals surface area contributed by atoms with Crippen LogP contribution in [-0.2, 0) is 14.3 Å². The van der Waals surface area contributed by atoms with Gasteiger partial charge in [0.2, 0.25) is 11.8 Å². The zero-order valence-corrected chi connectivity index (χ0v) is 23.0. The zero-order chi connectivity index (χ0) is 27.0. The molecule has 1 saturated carbocycles. The molecule has 0 spiro atoms. The largest absolute Gasteiger partial charge is 0.453 e. The molecule has 3 amide bonds. The van der Waals surface area contributed by atoms with Crippen LogP contribution < -0.4 is 10.6 Å². The molecule has 5 atom stereocenters. The highest BCUT2D eigenvalue weighted by Gasteiger charge is 2.54. The number of methoxy groups -OCH3 is 1. The second kappa shape index (κ2) is 11.0. The van der Waals surface area contributed by atoms with Crippen LogP contribution in [0.4, 0.5) is 4.79 Å². The van der Waals surface area contributed by atoms with E-state index in [-0.39, 0.29) is 47.9 Å². The fourth-order valence-corrected chi connectivity index (χ4v) is 6.95. The molecule has 3 fully saturated rings. The fraction of sp³-hybridized carbons (Fsp3) is 0.621. The summed E-state index contributed by atoms with van der Waals surface area (Å²) in [5.41, 5.74) is 3.34. The molecule has 3 aliphatic rings. The van der Waals surface area contributed by atoms with Gasteiger partial charge in [0.05, 0.1) is 25.2 Å². The van der Waals surface area contributed by atoms with Crippen molar-refractivity contribution in [1.82, 2.24) is 25.4 Å². The summed E-state index contributed by atoms with van der Waals surface area (Å²) in [4.78, 5) is 47.3. The van der Waals surface area contributed by atoms with E-state index in [4.69, 9.17) is 4.74 Å². The lowest BCUT2D eigenvalue weighted by Gasteiger charge is -2.36. The topological polar surface area (TPSA) is 107 Å². The van der Waals surface area contributed by atoms with E-state index in [2.05, 4.69) is 40.7 Å². The van der Waals surface area contributed by atoms with E-state index in [0.717, 1.165) is 42.1 Å². The second-order valence-corrected chi connectivity index (χ2v) is 11.3. The highest BCUT2D eigenvalue weighted by Crippen LogP contribution is 2.44. The molecule has 0 bridgehead atoms. The summed E-state index contributed by atoms with van der Waals surface area (Å²) in [6.07, 6.45) is 7.56. The van der Waals surface area contributed by atoms with Crippen molar-refractivity contribution in [3.05, 3.63) is 35.5 Å². The van der Waals surface area contributed by atoms with E-state index >= 15 is 0 Å². The average molecular weight is 524 g/mol. The molecular weight excluding hydrogens is 482 g/mol. The summed E-state index contributed by atoms with van der Waals surface area (Å²) >= 11 is 0. The van der Waals surface area contributed by atoms with Crippen molar-refractivity contribution in [3.8, 4) is 0 Å². The predicted molar refractivity (Wildman–Crippen MR) is 146 cm³/mol. The lowest BCUT2D eigenvalue weighted by atomic mass is 9.82. The fourth-order valence-electron chi connectivity index (χ4n) is 6.95. The number of hydrogen-bond acceptors (Lipinski definition) is 5. The Hall–Kier alpha value is -3.07. The van der Waals surface area contributed by atoms with Crippen LogP contribution in [0.15, 0.2) is 24.4 Å². The molecule has 5 rings (SSSR count). The maximum Gasteiger partial charge on any atom is 0.409 e. The lowest BCUT2D eigenvalue weighted by molar-refractivity contribution is -0.139. The number of amides is 3. The molecule has 1 aliphatic carbocycles. The molecule has 206 valence electrons. The van der Waals surface area contributed by atoms with Gasteiger partial charge < -0.3 is 30.2 Å². The average Bonchev–Trinajstić information content (AvgIpc) is 3.65. The van der Waals surface area contributed by atoms with Crippen LogP contribution in [0.1, 0.15) is 62.5 Å². The maximum absolute atomic E-state index is 14.4. The molecule has 2 aromatic rings. The van der Waals surface area contributed by atoms with Gasteiger partial charge >= 0.3 is 6.09 Å². The first kappa shape index (κ1) is 26.5. The number of nitrogens with zero attached hydrogens (tertiary/aromatic N) is 2.